The Labute approximate surface area is 164 Å². The fourth-order valence-corrected chi connectivity index (χ4v) is 4.64. The summed E-state index contributed by atoms with van der Waals surface area (Å²) in [5.41, 5.74) is 5.31. The molecule has 2 aromatic rings. The van der Waals surface area contributed by atoms with E-state index in [1.54, 1.807) is 0 Å². The number of hydrogen-bond donors (Lipinski definition) is 2. The summed E-state index contributed by atoms with van der Waals surface area (Å²) in [5, 5.41) is 9.25. The van der Waals surface area contributed by atoms with E-state index in [1.165, 1.54) is 11.7 Å². The summed E-state index contributed by atoms with van der Waals surface area (Å²) in [5.74, 6) is -2.01. The largest absolute Gasteiger partial charge is 0.492 e. The standard InChI is InChI=1S/C20H21F2N3O4/c1-29-18-15-9(17(26)10(19(27)28)6-25(15)13-5-11(13)21)4-12(22)16(18)24-7-14(23)20(8-24)2-3-20/h4,6,11,13-14H,2-3,5,7-8,23H2,1H3,(H,27,28)/t11-,13+,14?/m0/s1. The summed E-state index contributed by atoms with van der Waals surface area (Å²) < 4.78 is 36.1. The molecule has 2 heterocycles. The van der Waals surface area contributed by atoms with Crippen molar-refractivity contribution in [2.75, 3.05) is 25.1 Å². The van der Waals surface area contributed by atoms with Gasteiger partial charge in [-0.3, -0.25) is 4.79 Å². The summed E-state index contributed by atoms with van der Waals surface area (Å²) in [7, 11) is 1.36. The number of fused-ring (bicyclic) bond motifs is 1. The van der Waals surface area contributed by atoms with E-state index < -0.39 is 35.0 Å². The Morgan fingerprint density at radius 2 is 2.10 bits per heavy atom. The van der Waals surface area contributed by atoms with E-state index in [2.05, 4.69) is 0 Å². The quantitative estimate of drug-likeness (QED) is 0.808. The lowest BCUT2D eigenvalue weighted by Crippen LogP contribution is -2.30. The van der Waals surface area contributed by atoms with Crippen molar-refractivity contribution in [2.24, 2.45) is 11.1 Å². The fraction of sp³-hybridized carbons (Fsp3) is 0.500. The highest BCUT2D eigenvalue weighted by Gasteiger charge is 2.54. The number of carboxylic acid groups (broad SMARTS) is 1. The van der Waals surface area contributed by atoms with Gasteiger partial charge in [0.1, 0.15) is 17.4 Å². The van der Waals surface area contributed by atoms with Crippen LogP contribution in [0.3, 0.4) is 0 Å². The molecule has 1 aromatic carbocycles. The molecule has 154 valence electrons. The van der Waals surface area contributed by atoms with Crippen LogP contribution in [-0.4, -0.2) is 48.1 Å². The SMILES string of the molecule is COc1c(N2CC(N)C3(CC3)C2)c(F)cc2c(=O)c(C(=O)O)cn([C@@H]3C[C@@H]3F)c12. The van der Waals surface area contributed by atoms with Crippen LogP contribution in [0.2, 0.25) is 0 Å². The third kappa shape index (κ3) is 2.56. The number of aromatic nitrogens is 1. The van der Waals surface area contributed by atoms with Gasteiger partial charge in [-0.1, -0.05) is 0 Å². The van der Waals surface area contributed by atoms with Gasteiger partial charge in [0, 0.05) is 37.2 Å². The van der Waals surface area contributed by atoms with Crippen molar-refractivity contribution in [1.29, 1.82) is 0 Å². The van der Waals surface area contributed by atoms with E-state index in [9.17, 15) is 19.1 Å². The minimum absolute atomic E-state index is 0.0141. The molecule has 0 radical (unpaired) electrons. The average Bonchev–Trinajstić information content (AvgIpc) is 3.56. The highest BCUT2D eigenvalue weighted by Crippen LogP contribution is 2.54. The Morgan fingerprint density at radius 3 is 2.62 bits per heavy atom. The predicted molar refractivity (Wildman–Crippen MR) is 102 cm³/mol. The molecular weight excluding hydrogens is 384 g/mol. The van der Waals surface area contributed by atoms with Crippen LogP contribution in [0.5, 0.6) is 5.75 Å². The molecule has 3 aliphatic rings. The molecule has 3 atom stereocenters. The van der Waals surface area contributed by atoms with Crippen LogP contribution in [0.25, 0.3) is 10.9 Å². The molecule has 3 N–H and O–H groups in total. The van der Waals surface area contributed by atoms with E-state index in [4.69, 9.17) is 10.5 Å². The molecular formula is C20H21F2N3O4. The molecule has 2 saturated carbocycles. The van der Waals surface area contributed by atoms with E-state index in [0.717, 1.165) is 25.1 Å². The number of alkyl halides is 1. The molecule has 0 bridgehead atoms. The van der Waals surface area contributed by atoms with Gasteiger partial charge < -0.3 is 25.0 Å². The number of rotatable bonds is 4. The second-order valence-corrected chi connectivity index (χ2v) is 8.39. The van der Waals surface area contributed by atoms with E-state index in [0.29, 0.717) is 13.1 Å². The Balaban J connectivity index is 1.78. The monoisotopic (exact) mass is 405 g/mol. The van der Waals surface area contributed by atoms with Gasteiger partial charge >= 0.3 is 5.97 Å². The van der Waals surface area contributed by atoms with Crippen LogP contribution in [0.1, 0.15) is 35.7 Å². The molecule has 1 aromatic heterocycles. The number of ether oxygens (including phenoxy) is 1. The van der Waals surface area contributed by atoms with Crippen LogP contribution in [0, 0.1) is 11.2 Å². The first kappa shape index (κ1) is 18.4. The first-order valence-electron chi connectivity index (χ1n) is 9.60. The number of methoxy groups -OCH3 is 1. The zero-order valence-electron chi connectivity index (χ0n) is 15.8. The molecule has 5 rings (SSSR count). The average molecular weight is 405 g/mol. The molecule has 1 spiro atoms. The van der Waals surface area contributed by atoms with E-state index >= 15 is 4.39 Å². The van der Waals surface area contributed by atoms with Gasteiger partial charge in [0.15, 0.2) is 11.6 Å². The van der Waals surface area contributed by atoms with Crippen molar-refractivity contribution < 1.29 is 23.4 Å². The van der Waals surface area contributed by atoms with Gasteiger partial charge in [-0.25, -0.2) is 13.6 Å². The maximum absolute atomic E-state index is 15.2. The first-order chi connectivity index (χ1) is 13.8. The van der Waals surface area contributed by atoms with Gasteiger partial charge in [0.05, 0.1) is 24.1 Å². The maximum Gasteiger partial charge on any atom is 0.341 e. The highest BCUT2D eigenvalue weighted by atomic mass is 19.1. The number of pyridine rings is 1. The minimum Gasteiger partial charge on any atom is -0.492 e. The van der Waals surface area contributed by atoms with Crippen molar-refractivity contribution in [2.45, 2.75) is 37.5 Å². The third-order valence-corrected chi connectivity index (χ3v) is 6.59. The molecule has 9 heteroatoms. The molecule has 1 saturated heterocycles. The highest BCUT2D eigenvalue weighted by molar-refractivity contribution is 5.97. The number of nitrogens with zero attached hydrogens (tertiary/aromatic N) is 2. The Hall–Kier alpha value is -2.68. The Morgan fingerprint density at radius 1 is 1.41 bits per heavy atom. The van der Waals surface area contributed by atoms with E-state index in [1.807, 2.05) is 4.90 Å². The van der Waals surface area contributed by atoms with Crippen molar-refractivity contribution in [1.82, 2.24) is 4.57 Å². The van der Waals surface area contributed by atoms with Crippen molar-refractivity contribution >= 4 is 22.6 Å². The topological polar surface area (TPSA) is 97.8 Å². The molecule has 29 heavy (non-hydrogen) atoms. The molecule has 1 unspecified atom stereocenters. The Kier molecular flexibility index (Phi) is 3.74. The van der Waals surface area contributed by atoms with Crippen molar-refractivity contribution in [3.05, 3.63) is 33.9 Å². The number of carbonyl (C=O) groups is 1. The molecule has 7 nitrogen and oxygen atoms in total. The van der Waals surface area contributed by atoms with Crippen molar-refractivity contribution in [3.63, 3.8) is 0 Å². The lowest BCUT2D eigenvalue weighted by atomic mass is 10.0. The Bertz CT molecular complexity index is 1110. The number of nitrogens with two attached hydrogens (primary N) is 1. The fourth-order valence-electron chi connectivity index (χ4n) is 4.64. The number of anilines is 1. The second kappa shape index (κ2) is 5.91. The maximum atomic E-state index is 15.2. The van der Waals surface area contributed by atoms with Crippen molar-refractivity contribution in [3.8, 4) is 5.75 Å². The number of hydrogen-bond acceptors (Lipinski definition) is 5. The lowest BCUT2D eigenvalue weighted by molar-refractivity contribution is 0.0694. The number of halogens is 2. The first-order valence-corrected chi connectivity index (χ1v) is 9.60. The molecule has 1 aliphatic heterocycles. The summed E-state index contributed by atoms with van der Waals surface area (Å²) in [6.45, 7) is 1.03. The van der Waals surface area contributed by atoms with Gasteiger partial charge in [-0.15, -0.1) is 0 Å². The number of benzene rings is 1. The smallest absolute Gasteiger partial charge is 0.341 e. The second-order valence-electron chi connectivity index (χ2n) is 8.39. The van der Waals surface area contributed by atoms with Crippen LogP contribution >= 0.6 is 0 Å². The molecule has 3 fully saturated rings. The van der Waals surface area contributed by atoms with E-state index in [-0.39, 0.29) is 40.2 Å². The summed E-state index contributed by atoms with van der Waals surface area (Å²) >= 11 is 0. The van der Waals surface area contributed by atoms with Crippen LogP contribution < -0.4 is 20.8 Å². The normalized spacial score (nSPS) is 26.9. The predicted octanol–water partition coefficient (Wildman–Crippen LogP) is 2.06. The van der Waals surface area contributed by atoms with Gasteiger partial charge in [0.2, 0.25) is 5.43 Å². The number of carboxylic acids is 1. The number of aromatic carboxylic acids is 1. The van der Waals surface area contributed by atoms with Crippen LogP contribution in [-0.2, 0) is 0 Å². The van der Waals surface area contributed by atoms with Gasteiger partial charge in [-0.2, -0.15) is 0 Å². The summed E-state index contributed by atoms with van der Waals surface area (Å²) in [4.78, 5) is 26.1. The van der Waals surface area contributed by atoms with Gasteiger partial charge in [-0.05, 0) is 18.9 Å². The molecule has 2 aliphatic carbocycles. The summed E-state index contributed by atoms with van der Waals surface area (Å²) in [6, 6.07) is 0.342. The van der Waals surface area contributed by atoms with Crippen LogP contribution in [0.15, 0.2) is 17.1 Å². The van der Waals surface area contributed by atoms with Crippen LogP contribution in [0.4, 0.5) is 14.5 Å². The van der Waals surface area contributed by atoms with Gasteiger partial charge in [0.25, 0.3) is 0 Å². The summed E-state index contributed by atoms with van der Waals surface area (Å²) in [6.07, 6.45) is 2.15. The lowest BCUT2D eigenvalue weighted by Gasteiger charge is -2.24. The molecule has 0 amide bonds. The zero-order chi connectivity index (χ0) is 20.7. The zero-order valence-corrected chi connectivity index (χ0v) is 15.8. The third-order valence-electron chi connectivity index (χ3n) is 6.59. The minimum atomic E-state index is -1.44.